The number of alkyl halides is 3. The normalized spacial score (nSPS) is 21.9. The number of aromatic nitrogens is 3. The van der Waals surface area contributed by atoms with E-state index < -0.39 is 12.3 Å². The van der Waals surface area contributed by atoms with Crippen LogP contribution in [0.3, 0.4) is 0 Å². The Labute approximate surface area is 213 Å². The monoisotopic (exact) mass is 529 g/mol. The molecule has 0 unspecified atom stereocenters. The van der Waals surface area contributed by atoms with Crippen LogP contribution in [0.25, 0.3) is 0 Å². The number of fused-ring (bicyclic) bond motifs is 1. The van der Waals surface area contributed by atoms with Gasteiger partial charge in [-0.15, -0.1) is 0 Å². The van der Waals surface area contributed by atoms with Gasteiger partial charge in [-0.1, -0.05) is 11.3 Å². The summed E-state index contributed by atoms with van der Waals surface area (Å²) in [7, 11) is 1.80. The lowest BCUT2D eigenvalue weighted by molar-refractivity contribution is -0.189. The lowest BCUT2D eigenvalue weighted by Gasteiger charge is -2.30. The van der Waals surface area contributed by atoms with Crippen LogP contribution in [0.1, 0.15) is 49.6 Å². The first-order chi connectivity index (χ1) is 17.2. The molecule has 1 amide bonds. The topological polar surface area (TPSA) is 81.5 Å². The Morgan fingerprint density at radius 3 is 2.69 bits per heavy atom. The smallest absolute Gasteiger partial charge is 0.425 e. The molecule has 0 aromatic carbocycles. The highest BCUT2D eigenvalue weighted by Crippen LogP contribution is 2.32. The quantitative estimate of drug-likeness (QED) is 0.533. The molecule has 1 aliphatic carbocycles. The molecule has 1 aliphatic heterocycles. The molecule has 2 aromatic rings. The van der Waals surface area contributed by atoms with Crippen LogP contribution in [0.2, 0.25) is 0 Å². The zero-order valence-electron chi connectivity index (χ0n) is 20.7. The summed E-state index contributed by atoms with van der Waals surface area (Å²) in [5.74, 6) is 1.12. The first-order valence-electron chi connectivity index (χ1n) is 12.5. The van der Waals surface area contributed by atoms with E-state index in [1.54, 1.807) is 24.1 Å². The van der Waals surface area contributed by atoms with E-state index in [0.29, 0.717) is 11.7 Å². The number of carbonyl (C=O) groups excluding carboxylic acids is 1. The van der Waals surface area contributed by atoms with Gasteiger partial charge in [0, 0.05) is 37.5 Å². The second-order valence-electron chi connectivity index (χ2n) is 9.71. The summed E-state index contributed by atoms with van der Waals surface area (Å²) < 4.78 is 50.4. The van der Waals surface area contributed by atoms with Crippen LogP contribution in [0.5, 0.6) is 10.9 Å². The maximum absolute atomic E-state index is 12.8. The third-order valence-corrected chi connectivity index (χ3v) is 7.98. The zero-order chi connectivity index (χ0) is 25.7. The number of halogens is 3. The van der Waals surface area contributed by atoms with Crippen molar-refractivity contribution in [1.82, 2.24) is 25.0 Å². The summed E-state index contributed by atoms with van der Waals surface area (Å²) >= 11 is 1.24. The van der Waals surface area contributed by atoms with Gasteiger partial charge in [0.1, 0.15) is 0 Å². The van der Waals surface area contributed by atoms with Crippen LogP contribution >= 0.6 is 11.3 Å². The molecule has 2 aromatic heterocycles. The SMILES string of the molecule is C[C@@H](Oc1nc2c(s1)CCN(CC[C@H]1CC[C@H](NC(=O)COc3cnn(C)c3)CC1)CC2)C(F)(F)F. The Hall–Kier alpha value is -2.34. The molecule has 1 N–H and O–H groups in total. The minimum Gasteiger partial charge on any atom is -0.480 e. The van der Waals surface area contributed by atoms with Gasteiger partial charge in [-0.3, -0.25) is 9.48 Å². The van der Waals surface area contributed by atoms with Crippen molar-refractivity contribution in [3.05, 3.63) is 23.0 Å². The third kappa shape index (κ3) is 7.58. The van der Waals surface area contributed by atoms with Crippen molar-refractivity contribution in [2.24, 2.45) is 13.0 Å². The second kappa shape index (κ2) is 11.8. The number of carbonyl (C=O) groups is 1. The Morgan fingerprint density at radius 2 is 2.00 bits per heavy atom. The molecule has 8 nitrogen and oxygen atoms in total. The van der Waals surface area contributed by atoms with Crippen LogP contribution in [-0.4, -0.2) is 70.1 Å². The third-order valence-electron chi connectivity index (χ3n) is 6.93. The van der Waals surface area contributed by atoms with E-state index in [0.717, 1.165) is 82.1 Å². The molecule has 4 rings (SSSR count). The van der Waals surface area contributed by atoms with Crippen LogP contribution in [-0.2, 0) is 24.7 Å². The van der Waals surface area contributed by atoms with E-state index >= 15 is 0 Å². The van der Waals surface area contributed by atoms with Crippen molar-refractivity contribution in [3.8, 4) is 10.9 Å². The summed E-state index contributed by atoms with van der Waals surface area (Å²) in [5.41, 5.74) is 0.871. The molecule has 1 saturated carbocycles. The van der Waals surface area contributed by atoms with Crippen LogP contribution in [0, 0.1) is 5.92 Å². The van der Waals surface area contributed by atoms with Crippen molar-refractivity contribution in [2.75, 3.05) is 26.2 Å². The van der Waals surface area contributed by atoms with Gasteiger partial charge in [-0.2, -0.15) is 18.3 Å². The Bertz CT molecular complexity index is 978. The molecule has 12 heteroatoms. The van der Waals surface area contributed by atoms with Crippen molar-refractivity contribution in [2.45, 2.75) is 70.2 Å². The van der Waals surface area contributed by atoms with Gasteiger partial charge in [-0.05, 0) is 57.9 Å². The van der Waals surface area contributed by atoms with Crippen molar-refractivity contribution >= 4 is 17.2 Å². The van der Waals surface area contributed by atoms with Gasteiger partial charge < -0.3 is 19.7 Å². The fourth-order valence-electron chi connectivity index (χ4n) is 4.73. The molecule has 1 fully saturated rings. The minimum absolute atomic E-state index is 0.00407. The van der Waals surface area contributed by atoms with Crippen LogP contribution in [0.4, 0.5) is 13.2 Å². The molecule has 0 spiro atoms. The maximum Gasteiger partial charge on any atom is 0.425 e. The molecule has 3 heterocycles. The Morgan fingerprint density at radius 1 is 1.25 bits per heavy atom. The first kappa shape index (κ1) is 26.7. The molecule has 0 saturated heterocycles. The largest absolute Gasteiger partial charge is 0.480 e. The number of rotatable bonds is 9. The summed E-state index contributed by atoms with van der Waals surface area (Å²) in [4.78, 5) is 20.0. The standard InChI is InChI=1S/C24H34F3N5O3S/c1-16(24(25,26)27)35-23-30-20-8-11-32(12-9-21(20)36-23)10-7-17-3-5-18(6-4-17)29-22(33)15-34-19-13-28-31(2)14-19/h13-14,16-18H,3-12,15H2,1-2H3,(H,29,33)/t16-,17-,18-/m1/s1. The minimum atomic E-state index is -4.39. The fraction of sp³-hybridized carbons (Fsp3) is 0.708. The number of thiazole rings is 1. The lowest BCUT2D eigenvalue weighted by Crippen LogP contribution is -2.40. The highest BCUT2D eigenvalue weighted by molar-refractivity contribution is 7.13. The van der Waals surface area contributed by atoms with E-state index in [9.17, 15) is 18.0 Å². The van der Waals surface area contributed by atoms with Crippen LogP contribution < -0.4 is 14.8 Å². The molecular formula is C24H34F3N5O3S. The van der Waals surface area contributed by atoms with Gasteiger partial charge in [0.25, 0.3) is 11.1 Å². The Kier molecular flexibility index (Phi) is 8.76. The van der Waals surface area contributed by atoms with Gasteiger partial charge in [0.05, 0.1) is 18.1 Å². The van der Waals surface area contributed by atoms with Crippen molar-refractivity contribution in [3.63, 3.8) is 0 Å². The molecule has 36 heavy (non-hydrogen) atoms. The molecular weight excluding hydrogens is 495 g/mol. The van der Waals surface area contributed by atoms with Gasteiger partial charge in [-0.25, -0.2) is 4.98 Å². The van der Waals surface area contributed by atoms with Crippen molar-refractivity contribution < 1.29 is 27.4 Å². The van der Waals surface area contributed by atoms with Crippen molar-refractivity contribution in [1.29, 1.82) is 0 Å². The number of nitrogens with zero attached hydrogens (tertiary/aromatic N) is 4. The van der Waals surface area contributed by atoms with Gasteiger partial charge >= 0.3 is 6.18 Å². The predicted octanol–water partition coefficient (Wildman–Crippen LogP) is 3.75. The number of amides is 1. The highest BCUT2D eigenvalue weighted by atomic mass is 32.1. The number of aryl methyl sites for hydroxylation is 1. The lowest BCUT2D eigenvalue weighted by atomic mass is 9.84. The molecule has 0 bridgehead atoms. The van der Waals surface area contributed by atoms with E-state index in [-0.39, 0.29) is 23.7 Å². The van der Waals surface area contributed by atoms with E-state index in [2.05, 4.69) is 20.3 Å². The second-order valence-corrected chi connectivity index (χ2v) is 10.8. The number of hydrogen-bond donors (Lipinski definition) is 1. The van der Waals surface area contributed by atoms with E-state index in [1.165, 1.54) is 11.3 Å². The Balaban J connectivity index is 1.12. The van der Waals surface area contributed by atoms with Crippen LogP contribution in [0.15, 0.2) is 12.4 Å². The zero-order valence-corrected chi connectivity index (χ0v) is 21.5. The summed E-state index contributed by atoms with van der Waals surface area (Å²) in [6, 6.07) is 0.197. The summed E-state index contributed by atoms with van der Waals surface area (Å²) in [6.45, 7) is 3.74. The summed E-state index contributed by atoms with van der Waals surface area (Å²) in [5, 5.41) is 7.22. The average molecular weight is 530 g/mol. The van der Waals surface area contributed by atoms with Gasteiger partial charge in [0.15, 0.2) is 18.5 Å². The first-order valence-corrected chi connectivity index (χ1v) is 13.3. The van der Waals surface area contributed by atoms with Gasteiger partial charge in [0.2, 0.25) is 0 Å². The molecule has 2 aliphatic rings. The average Bonchev–Trinajstić information content (AvgIpc) is 3.37. The van der Waals surface area contributed by atoms with E-state index in [4.69, 9.17) is 9.47 Å². The molecule has 0 radical (unpaired) electrons. The molecule has 200 valence electrons. The molecule has 1 atom stereocenters. The maximum atomic E-state index is 12.8. The number of nitrogens with one attached hydrogen (secondary N) is 1. The summed E-state index contributed by atoms with van der Waals surface area (Å²) in [6.07, 6.45) is 3.84. The highest BCUT2D eigenvalue weighted by Gasteiger charge is 2.39. The van der Waals surface area contributed by atoms with E-state index in [1.807, 2.05) is 0 Å². The number of hydrogen-bond acceptors (Lipinski definition) is 7. The number of ether oxygens (including phenoxy) is 2. The fourth-order valence-corrected chi connectivity index (χ4v) is 5.75. The predicted molar refractivity (Wildman–Crippen MR) is 129 cm³/mol.